The predicted octanol–water partition coefficient (Wildman–Crippen LogP) is 5.22. The molecule has 0 spiro atoms. The quantitative estimate of drug-likeness (QED) is 0.130. The molecular weight excluding hydrogens is 675 g/mol. The number of carbonyl (C=O) groups is 4. The number of hydrogen-bond donors (Lipinski definition) is 4. The summed E-state index contributed by atoms with van der Waals surface area (Å²) >= 11 is 1.10. The number of thiazole rings is 1. The molecule has 3 aromatic heterocycles. The molecule has 2 amide bonds. The first-order valence-electron chi connectivity index (χ1n) is 14.2. The lowest BCUT2D eigenvalue weighted by molar-refractivity contribution is 0.0685. The van der Waals surface area contributed by atoms with Crippen LogP contribution in [0, 0.1) is 6.92 Å². The number of carbonyl (C=O) groups excluding carboxylic acids is 2. The van der Waals surface area contributed by atoms with E-state index in [4.69, 9.17) is 14.9 Å². The molecule has 0 radical (unpaired) electrons. The van der Waals surface area contributed by atoms with Crippen molar-refractivity contribution in [3.05, 3.63) is 124 Å². The Balaban J connectivity index is 0.000000520. The van der Waals surface area contributed by atoms with Crippen LogP contribution in [0.25, 0.3) is 0 Å². The fraction of sp³-hybridized carbons (Fsp3) is 0.121. The standard InChI is InChI=1S/C27H24N4O7S2.C6H5NO2/c1-16-7-9-21(20(13-16)24(32)19-5-3-4-6-22(19)38-2)30-26(35)31-27-29-15-18(39-27)11-12-40(36,37)23-10-8-17(14-28-23)25(33)34;8-6(9)5-2-1-3-7-4-5/h3-10,13-15H,11-12H2,1-2H3,(H,33,34)(H2,29,30,31,35);1-4H,(H,8,9). The van der Waals surface area contributed by atoms with Gasteiger partial charge in [-0.2, -0.15) is 0 Å². The number of hydrogen-bond acceptors (Lipinski definition) is 11. The molecule has 0 aliphatic heterocycles. The summed E-state index contributed by atoms with van der Waals surface area (Å²) in [6, 6.07) is 16.7. The maximum absolute atomic E-state index is 13.3. The number of ketones is 1. The molecule has 0 aliphatic rings. The van der Waals surface area contributed by atoms with E-state index in [0.717, 1.165) is 29.2 Å². The van der Waals surface area contributed by atoms with Gasteiger partial charge in [-0.1, -0.05) is 23.8 Å². The second-order valence-corrected chi connectivity index (χ2v) is 13.3. The van der Waals surface area contributed by atoms with E-state index in [-0.39, 0.29) is 44.8 Å². The van der Waals surface area contributed by atoms with Crippen LogP contribution in [0.2, 0.25) is 0 Å². The number of amides is 2. The van der Waals surface area contributed by atoms with Crippen molar-refractivity contribution >= 4 is 55.7 Å². The van der Waals surface area contributed by atoms with E-state index in [9.17, 15) is 27.6 Å². The fourth-order valence-corrected chi connectivity index (χ4v) is 6.31. The van der Waals surface area contributed by atoms with Crippen LogP contribution in [-0.4, -0.2) is 70.2 Å². The maximum atomic E-state index is 13.3. The van der Waals surface area contributed by atoms with E-state index >= 15 is 0 Å². The minimum absolute atomic E-state index is 0.112. The number of sulfone groups is 1. The Morgan fingerprint density at radius 3 is 2.20 bits per heavy atom. The lowest BCUT2D eigenvalue weighted by atomic mass is 9.99. The number of carboxylic acids is 2. The van der Waals surface area contributed by atoms with Crippen molar-refractivity contribution in [3.63, 3.8) is 0 Å². The van der Waals surface area contributed by atoms with E-state index in [1.54, 1.807) is 48.5 Å². The van der Waals surface area contributed by atoms with Gasteiger partial charge in [-0.3, -0.25) is 15.1 Å². The molecular formula is C33H29N5O9S2. The van der Waals surface area contributed by atoms with Crippen molar-refractivity contribution < 1.29 is 42.5 Å². The molecule has 16 heteroatoms. The molecule has 0 saturated carbocycles. The number of benzene rings is 2. The minimum atomic E-state index is -3.77. The zero-order valence-corrected chi connectivity index (χ0v) is 27.6. The third-order valence-electron chi connectivity index (χ3n) is 6.62. The highest BCUT2D eigenvalue weighted by Gasteiger charge is 2.20. The van der Waals surface area contributed by atoms with Crippen LogP contribution in [0.4, 0.5) is 15.6 Å². The number of para-hydroxylation sites is 1. The molecule has 0 unspecified atom stereocenters. The van der Waals surface area contributed by atoms with Gasteiger partial charge in [0.15, 0.2) is 25.8 Å². The molecule has 14 nitrogen and oxygen atoms in total. The summed E-state index contributed by atoms with van der Waals surface area (Å²) in [6.07, 6.45) is 5.40. The number of aromatic carboxylic acids is 2. The van der Waals surface area contributed by atoms with Crippen LogP contribution in [-0.2, 0) is 16.3 Å². The molecule has 0 aliphatic carbocycles. The van der Waals surface area contributed by atoms with Crippen molar-refractivity contribution in [2.24, 2.45) is 0 Å². The third-order valence-corrected chi connectivity index (χ3v) is 9.21. The van der Waals surface area contributed by atoms with Crippen LogP contribution in [0.3, 0.4) is 0 Å². The smallest absolute Gasteiger partial charge is 0.337 e. The number of aryl methyl sites for hydroxylation is 2. The average molecular weight is 704 g/mol. The number of carboxylic acid groups (broad SMARTS) is 2. The van der Waals surface area contributed by atoms with Gasteiger partial charge >= 0.3 is 18.0 Å². The van der Waals surface area contributed by atoms with E-state index in [1.165, 1.54) is 37.8 Å². The van der Waals surface area contributed by atoms with Crippen LogP contribution in [0.1, 0.15) is 47.1 Å². The van der Waals surface area contributed by atoms with Gasteiger partial charge in [0.25, 0.3) is 0 Å². The summed E-state index contributed by atoms with van der Waals surface area (Å²) in [5.41, 5.74) is 1.87. The molecule has 0 bridgehead atoms. The number of nitrogens with one attached hydrogen (secondary N) is 2. The highest BCUT2D eigenvalue weighted by atomic mass is 32.2. The first-order chi connectivity index (χ1) is 23.4. The molecule has 5 aromatic rings. The topological polar surface area (TPSA) is 215 Å². The maximum Gasteiger partial charge on any atom is 0.337 e. The summed E-state index contributed by atoms with van der Waals surface area (Å²) in [4.78, 5) is 59.3. The number of ether oxygens (including phenoxy) is 1. The van der Waals surface area contributed by atoms with Crippen molar-refractivity contribution in [1.82, 2.24) is 15.0 Å². The number of aromatic nitrogens is 3. The summed E-state index contributed by atoms with van der Waals surface area (Å²) in [5, 5.41) is 22.6. The summed E-state index contributed by atoms with van der Waals surface area (Å²) in [7, 11) is -2.29. The molecule has 0 atom stereocenters. The SMILES string of the molecule is COc1ccccc1C(=O)c1cc(C)ccc1NC(=O)Nc1ncc(CCS(=O)(=O)c2ccc(C(=O)O)cn2)s1.O=C(O)c1cccnc1. The van der Waals surface area contributed by atoms with Gasteiger partial charge in [0.05, 0.1) is 35.2 Å². The van der Waals surface area contributed by atoms with Crippen molar-refractivity contribution in [3.8, 4) is 5.75 Å². The Bertz CT molecular complexity index is 2090. The number of anilines is 2. The molecule has 5 rings (SSSR count). The first kappa shape index (κ1) is 35.8. The minimum Gasteiger partial charge on any atom is -0.496 e. The largest absolute Gasteiger partial charge is 0.496 e. The third kappa shape index (κ3) is 9.75. The highest BCUT2D eigenvalue weighted by Crippen LogP contribution is 2.27. The predicted molar refractivity (Wildman–Crippen MR) is 181 cm³/mol. The van der Waals surface area contributed by atoms with E-state index in [0.29, 0.717) is 21.9 Å². The summed E-state index contributed by atoms with van der Waals surface area (Å²) in [5.74, 6) is -2.33. The molecule has 0 saturated heterocycles. The zero-order chi connectivity index (χ0) is 35.6. The van der Waals surface area contributed by atoms with Gasteiger partial charge in [-0.05, 0) is 61.9 Å². The lowest BCUT2D eigenvalue weighted by Crippen LogP contribution is -2.21. The number of methoxy groups -OCH3 is 1. The van der Waals surface area contributed by atoms with Gasteiger partial charge in [0.2, 0.25) is 0 Å². The Morgan fingerprint density at radius 2 is 1.57 bits per heavy atom. The zero-order valence-electron chi connectivity index (χ0n) is 26.0. The molecule has 2 aromatic carbocycles. The Morgan fingerprint density at radius 1 is 0.837 bits per heavy atom. The Hall–Kier alpha value is -6.00. The van der Waals surface area contributed by atoms with Gasteiger partial charge in [0.1, 0.15) is 5.75 Å². The second-order valence-electron chi connectivity index (χ2n) is 10.1. The molecule has 0 fully saturated rings. The van der Waals surface area contributed by atoms with E-state index in [2.05, 4.69) is 25.6 Å². The van der Waals surface area contributed by atoms with Crippen LogP contribution in [0.15, 0.2) is 96.5 Å². The van der Waals surface area contributed by atoms with Crippen molar-refractivity contribution in [2.45, 2.75) is 18.4 Å². The highest BCUT2D eigenvalue weighted by molar-refractivity contribution is 7.91. The van der Waals surface area contributed by atoms with Crippen molar-refractivity contribution in [2.75, 3.05) is 23.5 Å². The normalized spacial score (nSPS) is 10.7. The first-order valence-corrected chi connectivity index (χ1v) is 16.7. The van der Waals surface area contributed by atoms with E-state index < -0.39 is 27.8 Å². The Kier molecular flexibility index (Phi) is 11.9. The molecule has 49 heavy (non-hydrogen) atoms. The van der Waals surface area contributed by atoms with Crippen molar-refractivity contribution in [1.29, 1.82) is 0 Å². The molecule has 3 heterocycles. The number of rotatable bonds is 11. The van der Waals surface area contributed by atoms with E-state index in [1.807, 2.05) is 6.92 Å². The van der Waals surface area contributed by atoms with Crippen LogP contribution >= 0.6 is 11.3 Å². The van der Waals surface area contributed by atoms with Crippen LogP contribution < -0.4 is 15.4 Å². The van der Waals surface area contributed by atoms with Gasteiger partial charge in [0, 0.05) is 35.2 Å². The molecule has 4 N–H and O–H groups in total. The van der Waals surface area contributed by atoms with Gasteiger partial charge in [-0.25, -0.2) is 32.8 Å². The fourth-order valence-electron chi connectivity index (χ4n) is 4.18. The monoisotopic (exact) mass is 703 g/mol. The number of nitrogens with zero attached hydrogens (tertiary/aromatic N) is 3. The summed E-state index contributed by atoms with van der Waals surface area (Å²) in [6.45, 7) is 1.83. The second kappa shape index (κ2) is 16.2. The van der Waals surface area contributed by atoms with Crippen LogP contribution in [0.5, 0.6) is 5.75 Å². The lowest BCUT2D eigenvalue weighted by Gasteiger charge is -2.13. The van der Waals surface area contributed by atoms with Gasteiger partial charge < -0.3 is 20.3 Å². The Labute approximate surface area is 284 Å². The number of urea groups is 1. The molecule has 252 valence electrons. The summed E-state index contributed by atoms with van der Waals surface area (Å²) < 4.78 is 30.5. The van der Waals surface area contributed by atoms with Gasteiger partial charge in [-0.15, -0.1) is 11.3 Å². The average Bonchev–Trinajstić information content (AvgIpc) is 3.55. The number of pyridine rings is 2.